The highest BCUT2D eigenvalue weighted by Gasteiger charge is 2.07. The van der Waals surface area contributed by atoms with Crippen LogP contribution in [0.5, 0.6) is 0 Å². The Balaban J connectivity index is 2.06. The quantitative estimate of drug-likeness (QED) is 0.886. The van der Waals surface area contributed by atoms with E-state index in [0.29, 0.717) is 28.4 Å². The van der Waals surface area contributed by atoms with Gasteiger partial charge < -0.3 is 10.6 Å². The summed E-state index contributed by atoms with van der Waals surface area (Å²) in [6.07, 6.45) is 0.413. The van der Waals surface area contributed by atoms with E-state index in [1.54, 1.807) is 43.3 Å². The number of carbonyl (C=O) groups is 2. The molecule has 0 fully saturated rings. The fourth-order valence-electron chi connectivity index (χ4n) is 1.83. The zero-order valence-electron chi connectivity index (χ0n) is 12.4. The average Bonchev–Trinajstić information content (AvgIpc) is 2.51. The van der Waals surface area contributed by atoms with Crippen molar-refractivity contribution in [1.29, 1.82) is 0 Å². The summed E-state index contributed by atoms with van der Waals surface area (Å²) in [5, 5.41) is 6.13. The first-order valence-corrected chi connectivity index (χ1v) is 7.35. The molecule has 2 N–H and O–H groups in total. The number of hydrogen-bond acceptors (Lipinski definition) is 2. The molecule has 114 valence electrons. The predicted octanol–water partition coefficient (Wildman–Crippen LogP) is 4.25. The fourth-order valence-corrected chi connectivity index (χ4v) is 2.01. The van der Waals surface area contributed by atoms with E-state index in [1.807, 2.05) is 13.0 Å². The van der Waals surface area contributed by atoms with Crippen molar-refractivity contribution in [2.24, 2.45) is 0 Å². The number of amides is 2. The van der Waals surface area contributed by atoms with E-state index in [1.165, 1.54) is 0 Å². The Bertz CT molecular complexity index is 696. The topological polar surface area (TPSA) is 58.2 Å². The summed E-state index contributed by atoms with van der Waals surface area (Å²) < 4.78 is 0. The van der Waals surface area contributed by atoms with Gasteiger partial charge in [-0.05, 0) is 48.9 Å². The van der Waals surface area contributed by atoms with Crippen LogP contribution in [0.2, 0.25) is 5.02 Å². The van der Waals surface area contributed by atoms with Crippen LogP contribution in [0.15, 0.2) is 42.5 Å². The number of halogens is 1. The highest BCUT2D eigenvalue weighted by atomic mass is 35.5. The molecule has 4 nitrogen and oxygen atoms in total. The lowest BCUT2D eigenvalue weighted by atomic mass is 10.1. The number of benzene rings is 2. The molecule has 0 heterocycles. The molecular weight excluding hydrogens is 300 g/mol. The van der Waals surface area contributed by atoms with Gasteiger partial charge in [0.05, 0.1) is 0 Å². The molecule has 2 aromatic rings. The summed E-state index contributed by atoms with van der Waals surface area (Å²) in [7, 11) is 0. The third-order valence-electron chi connectivity index (χ3n) is 3.18. The second-order valence-electron chi connectivity index (χ2n) is 4.90. The Kier molecular flexibility index (Phi) is 5.17. The molecule has 0 saturated heterocycles. The van der Waals surface area contributed by atoms with Crippen molar-refractivity contribution >= 4 is 34.8 Å². The fraction of sp³-hybridized carbons (Fsp3) is 0.176. The third-order valence-corrected chi connectivity index (χ3v) is 3.59. The summed E-state index contributed by atoms with van der Waals surface area (Å²) in [6, 6.07) is 12.1. The van der Waals surface area contributed by atoms with Crippen molar-refractivity contribution < 1.29 is 9.59 Å². The Hall–Kier alpha value is -2.33. The van der Waals surface area contributed by atoms with E-state index >= 15 is 0 Å². The summed E-state index contributed by atoms with van der Waals surface area (Å²) in [4.78, 5) is 23.5. The second-order valence-corrected chi connectivity index (χ2v) is 5.30. The molecule has 0 aromatic heterocycles. The molecule has 0 radical (unpaired) electrons. The van der Waals surface area contributed by atoms with Crippen molar-refractivity contribution in [3.63, 3.8) is 0 Å². The van der Waals surface area contributed by atoms with Crippen LogP contribution in [-0.4, -0.2) is 11.8 Å². The van der Waals surface area contributed by atoms with E-state index < -0.39 is 0 Å². The van der Waals surface area contributed by atoms with Crippen LogP contribution in [-0.2, 0) is 4.79 Å². The zero-order valence-corrected chi connectivity index (χ0v) is 13.2. The van der Waals surface area contributed by atoms with Crippen LogP contribution in [0.25, 0.3) is 0 Å². The molecule has 0 atom stereocenters. The molecule has 0 saturated carbocycles. The molecule has 5 heteroatoms. The highest BCUT2D eigenvalue weighted by molar-refractivity contribution is 6.31. The number of carbonyl (C=O) groups excluding carboxylic acids is 2. The highest BCUT2D eigenvalue weighted by Crippen LogP contribution is 2.20. The first kappa shape index (κ1) is 16.0. The summed E-state index contributed by atoms with van der Waals surface area (Å²) in [5.74, 6) is -0.292. The Labute approximate surface area is 134 Å². The van der Waals surface area contributed by atoms with Gasteiger partial charge in [-0.3, -0.25) is 9.59 Å². The monoisotopic (exact) mass is 316 g/mol. The molecule has 2 aromatic carbocycles. The Morgan fingerprint density at radius 1 is 1.00 bits per heavy atom. The van der Waals surface area contributed by atoms with Gasteiger partial charge in [-0.15, -0.1) is 0 Å². The van der Waals surface area contributed by atoms with Crippen molar-refractivity contribution in [1.82, 2.24) is 0 Å². The molecule has 0 spiro atoms. The maximum Gasteiger partial charge on any atom is 0.255 e. The van der Waals surface area contributed by atoms with Crippen molar-refractivity contribution in [2.75, 3.05) is 10.6 Å². The minimum Gasteiger partial charge on any atom is -0.326 e. The Morgan fingerprint density at radius 3 is 2.23 bits per heavy atom. The minimum absolute atomic E-state index is 0.0634. The molecule has 0 bridgehead atoms. The van der Waals surface area contributed by atoms with Gasteiger partial charge in [0, 0.05) is 28.4 Å². The second kappa shape index (κ2) is 7.09. The van der Waals surface area contributed by atoms with Gasteiger partial charge in [-0.1, -0.05) is 24.6 Å². The number of hydrogen-bond donors (Lipinski definition) is 2. The van der Waals surface area contributed by atoms with Crippen molar-refractivity contribution in [3.8, 4) is 0 Å². The molecule has 0 aliphatic heterocycles. The van der Waals surface area contributed by atoms with E-state index in [2.05, 4.69) is 10.6 Å². The molecule has 2 rings (SSSR count). The molecule has 0 unspecified atom stereocenters. The van der Waals surface area contributed by atoms with Gasteiger partial charge >= 0.3 is 0 Å². The number of aryl methyl sites for hydroxylation is 1. The zero-order chi connectivity index (χ0) is 16.1. The van der Waals surface area contributed by atoms with Crippen LogP contribution in [0.1, 0.15) is 29.3 Å². The predicted molar refractivity (Wildman–Crippen MR) is 89.5 cm³/mol. The molecule has 2 amide bonds. The third kappa shape index (κ3) is 4.09. The van der Waals surface area contributed by atoms with Crippen LogP contribution in [0, 0.1) is 6.92 Å². The first-order valence-electron chi connectivity index (χ1n) is 6.97. The van der Waals surface area contributed by atoms with Crippen LogP contribution >= 0.6 is 11.6 Å². The van der Waals surface area contributed by atoms with Crippen molar-refractivity contribution in [2.45, 2.75) is 20.3 Å². The van der Waals surface area contributed by atoms with Gasteiger partial charge in [0.25, 0.3) is 5.91 Å². The first-order chi connectivity index (χ1) is 10.5. The number of nitrogens with one attached hydrogen (secondary N) is 2. The number of rotatable bonds is 4. The van der Waals surface area contributed by atoms with Crippen LogP contribution in [0.3, 0.4) is 0 Å². The van der Waals surface area contributed by atoms with Gasteiger partial charge in [-0.25, -0.2) is 0 Å². The van der Waals surface area contributed by atoms with Crippen LogP contribution in [0.4, 0.5) is 11.4 Å². The normalized spacial score (nSPS) is 10.1. The molecule has 0 aliphatic carbocycles. The lowest BCUT2D eigenvalue weighted by Crippen LogP contribution is -2.13. The summed E-state index contributed by atoms with van der Waals surface area (Å²) in [5.41, 5.74) is 2.77. The van der Waals surface area contributed by atoms with E-state index in [4.69, 9.17) is 11.6 Å². The SMILES string of the molecule is CCC(=O)Nc1ccc(C(=O)Nc2ccc(C)c(Cl)c2)cc1. The van der Waals surface area contributed by atoms with Gasteiger partial charge in [0.1, 0.15) is 0 Å². The van der Waals surface area contributed by atoms with Crippen molar-refractivity contribution in [3.05, 3.63) is 58.6 Å². The Morgan fingerprint density at radius 2 is 1.64 bits per heavy atom. The standard InChI is InChI=1S/C17H17ClN2O2/c1-3-16(21)19-13-8-5-12(6-9-13)17(22)20-14-7-4-11(2)15(18)10-14/h4-10H,3H2,1-2H3,(H,19,21)(H,20,22). The maximum atomic E-state index is 12.2. The van der Waals surface area contributed by atoms with Gasteiger partial charge in [0.2, 0.25) is 5.91 Å². The lowest BCUT2D eigenvalue weighted by Gasteiger charge is -2.08. The molecule has 22 heavy (non-hydrogen) atoms. The molecular formula is C17H17ClN2O2. The summed E-state index contributed by atoms with van der Waals surface area (Å²) >= 11 is 6.03. The van der Waals surface area contributed by atoms with Crippen LogP contribution < -0.4 is 10.6 Å². The maximum absolute atomic E-state index is 12.2. The average molecular weight is 317 g/mol. The van der Waals surface area contributed by atoms with E-state index in [-0.39, 0.29) is 11.8 Å². The number of anilines is 2. The molecule has 0 aliphatic rings. The smallest absolute Gasteiger partial charge is 0.255 e. The van der Waals surface area contributed by atoms with Gasteiger partial charge in [-0.2, -0.15) is 0 Å². The van der Waals surface area contributed by atoms with Gasteiger partial charge in [0.15, 0.2) is 0 Å². The lowest BCUT2D eigenvalue weighted by molar-refractivity contribution is -0.115. The van der Waals surface area contributed by atoms with E-state index in [9.17, 15) is 9.59 Å². The largest absolute Gasteiger partial charge is 0.326 e. The minimum atomic E-state index is -0.228. The summed E-state index contributed by atoms with van der Waals surface area (Å²) in [6.45, 7) is 3.68. The van der Waals surface area contributed by atoms with E-state index in [0.717, 1.165) is 5.56 Å².